The van der Waals surface area contributed by atoms with E-state index in [2.05, 4.69) is 11.3 Å². The van der Waals surface area contributed by atoms with E-state index < -0.39 is 10.0 Å². The first-order valence-electron chi connectivity index (χ1n) is 8.54. The molecule has 28 heavy (non-hydrogen) atoms. The molecule has 0 bridgehead atoms. The van der Waals surface area contributed by atoms with Gasteiger partial charge in [0, 0.05) is 28.4 Å². The van der Waals surface area contributed by atoms with Crippen molar-refractivity contribution < 1.29 is 13.2 Å². The van der Waals surface area contributed by atoms with Crippen molar-refractivity contribution in [1.29, 1.82) is 0 Å². The van der Waals surface area contributed by atoms with Crippen LogP contribution in [0.4, 0.5) is 0 Å². The molecule has 0 aliphatic rings. The number of carbonyl (C=O) groups is 1. The number of nitrogens with zero attached hydrogens (tertiary/aromatic N) is 1. The van der Waals surface area contributed by atoms with Crippen LogP contribution in [0.25, 0.3) is 0 Å². The van der Waals surface area contributed by atoms with Crippen LogP contribution < -0.4 is 4.72 Å². The van der Waals surface area contributed by atoms with Gasteiger partial charge < -0.3 is 4.90 Å². The molecule has 0 aliphatic heterocycles. The van der Waals surface area contributed by atoms with E-state index in [1.165, 1.54) is 23.5 Å². The molecule has 0 saturated carbocycles. The van der Waals surface area contributed by atoms with E-state index in [0.717, 1.165) is 9.75 Å². The molecule has 0 aliphatic carbocycles. The number of rotatable bonds is 9. The molecule has 1 aromatic carbocycles. The van der Waals surface area contributed by atoms with Crippen LogP contribution in [0.3, 0.4) is 0 Å². The highest BCUT2D eigenvalue weighted by atomic mass is 32.2. The second-order valence-electron chi connectivity index (χ2n) is 5.99. The quantitative estimate of drug-likeness (QED) is 0.517. The van der Waals surface area contributed by atoms with Crippen molar-refractivity contribution in [3.8, 4) is 0 Å². The fourth-order valence-electron chi connectivity index (χ4n) is 2.61. The number of amides is 1. The van der Waals surface area contributed by atoms with Gasteiger partial charge in [-0.15, -0.1) is 29.3 Å². The van der Waals surface area contributed by atoms with Crippen molar-refractivity contribution in [3.63, 3.8) is 0 Å². The fourth-order valence-corrected chi connectivity index (χ4v) is 5.11. The van der Waals surface area contributed by atoms with Gasteiger partial charge in [0.2, 0.25) is 10.0 Å². The molecule has 3 aromatic rings. The van der Waals surface area contributed by atoms with E-state index in [-0.39, 0.29) is 17.3 Å². The fraction of sp³-hybridized carbons (Fsp3) is 0.150. The minimum Gasteiger partial charge on any atom is -0.330 e. The zero-order valence-electron chi connectivity index (χ0n) is 15.1. The third-order valence-electron chi connectivity index (χ3n) is 3.97. The Bertz CT molecular complexity index is 1030. The molecule has 0 atom stereocenters. The summed E-state index contributed by atoms with van der Waals surface area (Å²) in [5, 5.41) is 3.85. The second-order valence-corrected chi connectivity index (χ2v) is 9.82. The van der Waals surface area contributed by atoms with Gasteiger partial charge in [-0.1, -0.05) is 24.3 Å². The standard InChI is InChI=1S/C20H20N2O3S3/c1-2-10-22(15-18-8-5-12-27-18)20(23)16-6-3-9-19(13-16)28(24,25)21-14-17-7-4-11-26-17/h2-9,11-13,21H,1,10,14-15H2. The second kappa shape index (κ2) is 9.29. The van der Waals surface area contributed by atoms with E-state index in [4.69, 9.17) is 0 Å². The van der Waals surface area contributed by atoms with Crippen molar-refractivity contribution >= 4 is 38.6 Å². The molecule has 2 aromatic heterocycles. The minimum atomic E-state index is -3.71. The Labute approximate surface area is 173 Å². The molecule has 0 saturated heterocycles. The molecule has 146 valence electrons. The predicted molar refractivity (Wildman–Crippen MR) is 114 cm³/mol. The predicted octanol–water partition coefficient (Wildman–Crippen LogP) is 4.12. The van der Waals surface area contributed by atoms with Gasteiger partial charge in [-0.3, -0.25) is 4.79 Å². The Kier molecular flexibility index (Phi) is 6.79. The lowest BCUT2D eigenvalue weighted by Gasteiger charge is -2.21. The lowest BCUT2D eigenvalue weighted by Crippen LogP contribution is -2.30. The topological polar surface area (TPSA) is 66.5 Å². The van der Waals surface area contributed by atoms with Crippen LogP contribution in [0, 0.1) is 0 Å². The number of thiophene rings is 2. The average Bonchev–Trinajstić information content (AvgIpc) is 3.40. The van der Waals surface area contributed by atoms with Crippen LogP contribution in [0.5, 0.6) is 0 Å². The summed E-state index contributed by atoms with van der Waals surface area (Å²) in [5.41, 5.74) is 0.331. The number of sulfonamides is 1. The molecule has 0 radical (unpaired) electrons. The molecule has 1 amide bonds. The largest absolute Gasteiger partial charge is 0.330 e. The summed E-state index contributed by atoms with van der Waals surface area (Å²) in [6.45, 7) is 4.77. The molecule has 0 unspecified atom stereocenters. The number of hydrogen-bond donors (Lipinski definition) is 1. The zero-order chi connectivity index (χ0) is 20.0. The van der Waals surface area contributed by atoms with Crippen LogP contribution in [-0.4, -0.2) is 25.8 Å². The third kappa shape index (κ3) is 5.17. The van der Waals surface area contributed by atoms with Crippen LogP contribution in [0.15, 0.2) is 76.8 Å². The van der Waals surface area contributed by atoms with Gasteiger partial charge in [0.05, 0.1) is 11.4 Å². The van der Waals surface area contributed by atoms with Crippen LogP contribution in [0.2, 0.25) is 0 Å². The minimum absolute atomic E-state index is 0.0737. The Morgan fingerprint density at radius 3 is 2.43 bits per heavy atom. The van der Waals surface area contributed by atoms with Gasteiger partial charge in [-0.2, -0.15) is 0 Å². The molecule has 3 rings (SSSR count). The molecular formula is C20H20N2O3S3. The third-order valence-corrected chi connectivity index (χ3v) is 7.11. The Morgan fingerprint density at radius 1 is 1.07 bits per heavy atom. The molecule has 2 heterocycles. The van der Waals surface area contributed by atoms with Crippen molar-refractivity contribution in [2.45, 2.75) is 18.0 Å². The summed E-state index contributed by atoms with van der Waals surface area (Å²) in [6, 6.07) is 13.8. The Hall–Kier alpha value is -2.26. The van der Waals surface area contributed by atoms with Gasteiger partial charge in [0.25, 0.3) is 5.91 Å². The highest BCUT2D eigenvalue weighted by Gasteiger charge is 2.19. The summed E-state index contributed by atoms with van der Waals surface area (Å²) in [6.07, 6.45) is 1.66. The highest BCUT2D eigenvalue weighted by Crippen LogP contribution is 2.18. The van der Waals surface area contributed by atoms with Crippen LogP contribution in [0.1, 0.15) is 20.1 Å². The van der Waals surface area contributed by atoms with E-state index in [9.17, 15) is 13.2 Å². The van der Waals surface area contributed by atoms with E-state index >= 15 is 0 Å². The Balaban J connectivity index is 1.78. The lowest BCUT2D eigenvalue weighted by atomic mass is 10.2. The van der Waals surface area contributed by atoms with Crippen molar-refractivity contribution in [2.24, 2.45) is 0 Å². The first-order valence-corrected chi connectivity index (χ1v) is 11.8. The summed E-state index contributed by atoms with van der Waals surface area (Å²) >= 11 is 3.05. The summed E-state index contributed by atoms with van der Waals surface area (Å²) in [5.74, 6) is -0.233. The van der Waals surface area contributed by atoms with Gasteiger partial charge in [0.15, 0.2) is 0 Å². The molecule has 0 fully saturated rings. The van der Waals surface area contributed by atoms with Gasteiger partial charge in [-0.25, -0.2) is 13.1 Å². The summed E-state index contributed by atoms with van der Waals surface area (Å²) in [4.78, 5) is 16.6. The Morgan fingerprint density at radius 2 is 1.79 bits per heavy atom. The smallest absolute Gasteiger partial charge is 0.254 e. The SMILES string of the molecule is C=CCN(Cc1cccs1)C(=O)c1cccc(S(=O)(=O)NCc2cccs2)c1. The van der Waals surface area contributed by atoms with Crippen molar-refractivity contribution in [1.82, 2.24) is 9.62 Å². The monoisotopic (exact) mass is 432 g/mol. The zero-order valence-corrected chi connectivity index (χ0v) is 17.5. The number of carbonyl (C=O) groups excluding carboxylic acids is 1. The van der Waals surface area contributed by atoms with E-state index in [1.54, 1.807) is 34.4 Å². The molecule has 8 heteroatoms. The highest BCUT2D eigenvalue weighted by molar-refractivity contribution is 7.89. The van der Waals surface area contributed by atoms with Gasteiger partial charge >= 0.3 is 0 Å². The van der Waals surface area contributed by atoms with E-state index in [0.29, 0.717) is 18.7 Å². The number of hydrogen-bond acceptors (Lipinski definition) is 5. The molecular weight excluding hydrogens is 412 g/mol. The molecule has 0 spiro atoms. The van der Waals surface area contributed by atoms with Crippen molar-refractivity contribution in [3.05, 3.63) is 87.3 Å². The summed E-state index contributed by atoms with van der Waals surface area (Å²) < 4.78 is 27.8. The summed E-state index contributed by atoms with van der Waals surface area (Å²) in [7, 11) is -3.71. The number of benzene rings is 1. The molecule has 1 N–H and O–H groups in total. The van der Waals surface area contributed by atoms with Crippen molar-refractivity contribution in [2.75, 3.05) is 6.54 Å². The van der Waals surface area contributed by atoms with Crippen LogP contribution in [-0.2, 0) is 23.1 Å². The maximum atomic E-state index is 13.0. The van der Waals surface area contributed by atoms with Gasteiger partial charge in [0.1, 0.15) is 0 Å². The molecule has 5 nitrogen and oxygen atoms in total. The number of nitrogens with one attached hydrogen (secondary N) is 1. The first-order chi connectivity index (χ1) is 13.5. The normalized spacial score (nSPS) is 11.3. The van der Waals surface area contributed by atoms with Gasteiger partial charge in [-0.05, 0) is 41.1 Å². The van der Waals surface area contributed by atoms with E-state index in [1.807, 2.05) is 35.0 Å². The average molecular weight is 433 g/mol. The first kappa shape index (κ1) is 20.5. The maximum absolute atomic E-state index is 13.0. The van der Waals surface area contributed by atoms with Crippen LogP contribution >= 0.6 is 22.7 Å². The maximum Gasteiger partial charge on any atom is 0.254 e. The lowest BCUT2D eigenvalue weighted by molar-refractivity contribution is 0.0764.